The van der Waals surface area contributed by atoms with Gasteiger partial charge in [-0.2, -0.15) is 0 Å². The Bertz CT molecular complexity index is 596. The molecule has 0 bridgehead atoms. The number of carbonyl (C=O) groups is 1. The van der Waals surface area contributed by atoms with E-state index in [2.05, 4.69) is 20.1 Å². The van der Waals surface area contributed by atoms with Gasteiger partial charge >= 0.3 is 0 Å². The molecule has 0 unspecified atom stereocenters. The van der Waals surface area contributed by atoms with Crippen molar-refractivity contribution in [3.05, 3.63) is 5.82 Å². The minimum atomic E-state index is 0.281. The first-order valence-electron chi connectivity index (χ1n) is 10.6. The summed E-state index contributed by atoms with van der Waals surface area (Å²) in [5.74, 6) is 3.36. The van der Waals surface area contributed by atoms with E-state index in [0.29, 0.717) is 11.8 Å². The molecule has 144 valence electrons. The van der Waals surface area contributed by atoms with Crippen LogP contribution in [0.3, 0.4) is 0 Å². The molecule has 4 rings (SSSR count). The highest BCUT2D eigenvalue weighted by Crippen LogP contribution is 2.35. The van der Waals surface area contributed by atoms with Crippen LogP contribution in [0.15, 0.2) is 5.16 Å². The van der Waals surface area contributed by atoms with Crippen molar-refractivity contribution >= 4 is 17.7 Å². The van der Waals surface area contributed by atoms with Crippen LogP contribution in [0.25, 0.3) is 0 Å². The van der Waals surface area contributed by atoms with Gasteiger partial charge in [0.2, 0.25) is 11.1 Å². The quantitative estimate of drug-likeness (QED) is 0.756. The average molecular weight is 377 g/mol. The lowest BCUT2D eigenvalue weighted by Crippen LogP contribution is -2.50. The van der Waals surface area contributed by atoms with Gasteiger partial charge in [-0.15, -0.1) is 5.10 Å². The Morgan fingerprint density at radius 2 is 1.85 bits per heavy atom. The van der Waals surface area contributed by atoms with Crippen LogP contribution in [-0.4, -0.2) is 44.3 Å². The van der Waals surface area contributed by atoms with E-state index in [-0.39, 0.29) is 5.91 Å². The summed E-state index contributed by atoms with van der Waals surface area (Å²) in [5, 5.41) is 8.12. The van der Waals surface area contributed by atoms with E-state index in [9.17, 15) is 4.79 Å². The fraction of sp³-hybridized carbons (Fsp3) is 0.850. The fourth-order valence-corrected chi connectivity index (χ4v) is 5.94. The van der Waals surface area contributed by atoms with E-state index in [1.807, 2.05) is 0 Å². The monoisotopic (exact) mass is 376 g/mol. The third kappa shape index (κ3) is 4.44. The summed E-state index contributed by atoms with van der Waals surface area (Å²) in [5.41, 5.74) is 0. The molecule has 0 spiro atoms. The number of aromatic amines is 1. The Kier molecular flexibility index (Phi) is 6.18. The van der Waals surface area contributed by atoms with E-state index in [4.69, 9.17) is 0 Å². The zero-order chi connectivity index (χ0) is 17.8. The Morgan fingerprint density at radius 3 is 2.73 bits per heavy atom. The summed E-state index contributed by atoms with van der Waals surface area (Å²) in [6.07, 6.45) is 15.4. The van der Waals surface area contributed by atoms with Crippen molar-refractivity contribution in [2.24, 2.45) is 11.8 Å². The second-order valence-electron chi connectivity index (χ2n) is 8.38. The number of hydrogen-bond acceptors (Lipinski definition) is 4. The molecule has 2 saturated carbocycles. The summed E-state index contributed by atoms with van der Waals surface area (Å²) in [7, 11) is 0. The van der Waals surface area contributed by atoms with Crippen LogP contribution in [0.1, 0.15) is 76.5 Å². The standard InChI is InChI=1S/C20H32N4OS/c25-19(24-13-5-9-16-8-3-4-10-17(16)24)14-26-20-21-18(22-23-20)12-11-15-6-1-2-7-15/h15-17H,1-14H2,(H,21,22,23)/t16-,17+/m0/s1. The van der Waals surface area contributed by atoms with E-state index >= 15 is 0 Å². The smallest absolute Gasteiger partial charge is 0.233 e. The molecule has 0 radical (unpaired) electrons. The van der Waals surface area contributed by atoms with Gasteiger partial charge in [0.05, 0.1) is 5.75 Å². The average Bonchev–Trinajstić information content (AvgIpc) is 3.35. The molecule has 2 heterocycles. The van der Waals surface area contributed by atoms with Gasteiger partial charge < -0.3 is 4.90 Å². The van der Waals surface area contributed by atoms with Crippen molar-refractivity contribution in [2.45, 2.75) is 88.2 Å². The minimum Gasteiger partial charge on any atom is -0.339 e. The van der Waals surface area contributed by atoms with Crippen molar-refractivity contribution in [2.75, 3.05) is 12.3 Å². The maximum absolute atomic E-state index is 12.8. The number of carbonyl (C=O) groups excluding carboxylic acids is 1. The summed E-state index contributed by atoms with van der Waals surface area (Å²) in [4.78, 5) is 19.5. The third-order valence-electron chi connectivity index (χ3n) is 6.66. The van der Waals surface area contributed by atoms with Gasteiger partial charge in [0.15, 0.2) is 0 Å². The molecule has 6 heteroatoms. The van der Waals surface area contributed by atoms with Gasteiger partial charge in [-0.1, -0.05) is 50.3 Å². The van der Waals surface area contributed by atoms with Gasteiger partial charge in [-0.3, -0.25) is 9.89 Å². The van der Waals surface area contributed by atoms with Gasteiger partial charge in [0, 0.05) is 19.0 Å². The number of likely N-dealkylation sites (tertiary alicyclic amines) is 1. The molecule has 3 aliphatic rings. The lowest BCUT2D eigenvalue weighted by Gasteiger charge is -2.44. The van der Waals surface area contributed by atoms with Crippen LogP contribution in [-0.2, 0) is 11.2 Å². The largest absolute Gasteiger partial charge is 0.339 e. The van der Waals surface area contributed by atoms with E-state index in [0.717, 1.165) is 35.8 Å². The Labute approximate surface area is 161 Å². The van der Waals surface area contributed by atoms with Gasteiger partial charge in [0.1, 0.15) is 5.82 Å². The van der Waals surface area contributed by atoms with Crippen LogP contribution < -0.4 is 0 Å². The van der Waals surface area contributed by atoms with E-state index in [1.165, 1.54) is 82.4 Å². The molecule has 1 aromatic heterocycles. The van der Waals surface area contributed by atoms with Gasteiger partial charge in [-0.25, -0.2) is 4.98 Å². The second-order valence-corrected chi connectivity index (χ2v) is 9.33. The van der Waals surface area contributed by atoms with E-state index in [1.54, 1.807) is 0 Å². The molecular weight excluding hydrogens is 344 g/mol. The van der Waals surface area contributed by atoms with Crippen molar-refractivity contribution < 1.29 is 4.79 Å². The molecule has 2 aliphatic carbocycles. The Balaban J connectivity index is 1.25. The number of nitrogens with one attached hydrogen (secondary N) is 1. The number of H-pyrrole nitrogens is 1. The summed E-state index contributed by atoms with van der Waals surface area (Å²) < 4.78 is 0. The van der Waals surface area contributed by atoms with Crippen molar-refractivity contribution in [1.29, 1.82) is 0 Å². The van der Waals surface area contributed by atoms with Crippen LogP contribution in [0, 0.1) is 11.8 Å². The Morgan fingerprint density at radius 1 is 1.08 bits per heavy atom. The zero-order valence-corrected chi connectivity index (χ0v) is 16.6. The predicted molar refractivity (Wildman–Crippen MR) is 104 cm³/mol. The summed E-state index contributed by atoms with van der Waals surface area (Å²) >= 11 is 1.50. The molecule has 1 N–H and O–H groups in total. The number of fused-ring (bicyclic) bond motifs is 1. The second kappa shape index (κ2) is 8.77. The number of nitrogens with zero attached hydrogens (tertiary/aromatic N) is 3. The normalized spacial score (nSPS) is 26.8. The lowest BCUT2D eigenvalue weighted by molar-refractivity contribution is -0.134. The third-order valence-corrected chi connectivity index (χ3v) is 7.50. The summed E-state index contributed by atoms with van der Waals surface area (Å²) in [6.45, 7) is 0.946. The fourth-order valence-electron chi connectivity index (χ4n) is 5.24. The first kappa shape index (κ1) is 18.3. The highest BCUT2D eigenvalue weighted by Gasteiger charge is 2.35. The summed E-state index contributed by atoms with van der Waals surface area (Å²) in [6, 6.07) is 0.500. The van der Waals surface area contributed by atoms with Gasteiger partial charge in [0.25, 0.3) is 0 Å². The zero-order valence-electron chi connectivity index (χ0n) is 15.8. The van der Waals surface area contributed by atoms with E-state index < -0.39 is 0 Å². The highest BCUT2D eigenvalue weighted by molar-refractivity contribution is 7.99. The van der Waals surface area contributed by atoms with Crippen molar-refractivity contribution in [3.8, 4) is 0 Å². The van der Waals surface area contributed by atoms with Crippen LogP contribution in [0.2, 0.25) is 0 Å². The maximum Gasteiger partial charge on any atom is 0.233 e. The number of rotatable bonds is 6. The van der Waals surface area contributed by atoms with Crippen molar-refractivity contribution in [1.82, 2.24) is 20.1 Å². The first-order valence-corrected chi connectivity index (χ1v) is 11.6. The lowest BCUT2D eigenvalue weighted by atomic mass is 9.78. The molecule has 1 saturated heterocycles. The molecular formula is C20H32N4OS. The predicted octanol–water partition coefficient (Wildman–Crippen LogP) is 4.20. The topological polar surface area (TPSA) is 61.9 Å². The van der Waals surface area contributed by atoms with Gasteiger partial charge in [-0.05, 0) is 43.9 Å². The molecule has 3 fully saturated rings. The number of thioether (sulfide) groups is 1. The van der Waals surface area contributed by atoms with Crippen LogP contribution >= 0.6 is 11.8 Å². The molecule has 26 heavy (non-hydrogen) atoms. The minimum absolute atomic E-state index is 0.281. The molecule has 5 nitrogen and oxygen atoms in total. The van der Waals surface area contributed by atoms with Crippen LogP contribution in [0.5, 0.6) is 0 Å². The number of aromatic nitrogens is 3. The molecule has 2 atom stereocenters. The van der Waals surface area contributed by atoms with Crippen LogP contribution in [0.4, 0.5) is 0 Å². The Hall–Kier alpha value is -1.04. The SMILES string of the molecule is O=C(CSc1n[nH]c(CCC2CCCC2)n1)N1CCC[C@@H]2CCCC[C@H]21. The maximum atomic E-state index is 12.8. The molecule has 1 aromatic rings. The molecule has 1 amide bonds. The number of aryl methyl sites for hydroxylation is 1. The number of amides is 1. The van der Waals surface area contributed by atoms with Crippen molar-refractivity contribution in [3.63, 3.8) is 0 Å². The molecule has 1 aliphatic heterocycles. The number of hydrogen-bond donors (Lipinski definition) is 1. The molecule has 0 aromatic carbocycles. The first-order chi connectivity index (χ1) is 12.8. The number of piperidine rings is 1. The highest BCUT2D eigenvalue weighted by atomic mass is 32.2.